The molecule has 2 N–H and O–H groups in total. The van der Waals surface area contributed by atoms with Crippen LogP contribution in [0, 0.1) is 6.92 Å². The van der Waals surface area contributed by atoms with Crippen LogP contribution in [0.1, 0.15) is 21.7 Å². The molecule has 1 heterocycles. The van der Waals surface area contributed by atoms with Gasteiger partial charge in [-0.3, -0.25) is 4.79 Å². The van der Waals surface area contributed by atoms with Gasteiger partial charge in [-0.05, 0) is 49.9 Å². The lowest BCUT2D eigenvalue weighted by Crippen LogP contribution is -2.24. The zero-order valence-corrected chi connectivity index (χ0v) is 15.8. The van der Waals surface area contributed by atoms with Crippen LogP contribution in [-0.4, -0.2) is 30.9 Å². The fraction of sp³-hybridized carbons (Fsp3) is 0.158. The fourth-order valence-electron chi connectivity index (χ4n) is 2.63. The Balaban J connectivity index is 1.68. The van der Waals surface area contributed by atoms with Crippen LogP contribution in [-0.2, 0) is 16.6 Å². The highest BCUT2D eigenvalue weighted by Gasteiger charge is 2.14. The monoisotopic (exact) mass is 384 g/mol. The van der Waals surface area contributed by atoms with Gasteiger partial charge in [0.2, 0.25) is 10.0 Å². The molecule has 27 heavy (non-hydrogen) atoms. The minimum absolute atomic E-state index is 0.0534. The molecule has 1 amide bonds. The van der Waals surface area contributed by atoms with E-state index in [9.17, 15) is 13.2 Å². The number of nitrogens with one attached hydrogen (secondary N) is 2. The van der Waals surface area contributed by atoms with Crippen LogP contribution in [0.25, 0.3) is 5.69 Å². The molecule has 0 spiro atoms. The number of benzene rings is 2. The van der Waals surface area contributed by atoms with E-state index in [1.54, 1.807) is 18.3 Å². The molecule has 1 aromatic heterocycles. The van der Waals surface area contributed by atoms with Crippen LogP contribution in [0.5, 0.6) is 0 Å². The van der Waals surface area contributed by atoms with E-state index in [1.807, 2.05) is 42.0 Å². The van der Waals surface area contributed by atoms with Gasteiger partial charge >= 0.3 is 0 Å². The summed E-state index contributed by atoms with van der Waals surface area (Å²) in [6.45, 7) is 2.27. The van der Waals surface area contributed by atoms with Crippen LogP contribution >= 0.6 is 0 Å². The van der Waals surface area contributed by atoms with Gasteiger partial charge in [0.1, 0.15) is 5.82 Å². The molecule has 0 fully saturated rings. The molecule has 140 valence electrons. The van der Waals surface area contributed by atoms with E-state index < -0.39 is 10.0 Å². The second kappa shape index (κ2) is 7.73. The van der Waals surface area contributed by atoms with Crippen LogP contribution in [0.3, 0.4) is 0 Å². The summed E-state index contributed by atoms with van der Waals surface area (Å²) in [5, 5.41) is 2.80. The van der Waals surface area contributed by atoms with Crippen molar-refractivity contribution < 1.29 is 13.2 Å². The van der Waals surface area contributed by atoms with Crippen molar-refractivity contribution in [2.24, 2.45) is 0 Å². The van der Waals surface area contributed by atoms with Crippen molar-refractivity contribution in [1.82, 2.24) is 19.6 Å². The van der Waals surface area contributed by atoms with Crippen molar-refractivity contribution in [3.05, 3.63) is 77.9 Å². The van der Waals surface area contributed by atoms with E-state index in [-0.39, 0.29) is 16.4 Å². The maximum Gasteiger partial charge on any atom is 0.251 e. The minimum Gasteiger partial charge on any atom is -0.348 e. The second-order valence-corrected chi connectivity index (χ2v) is 7.82. The summed E-state index contributed by atoms with van der Waals surface area (Å²) in [4.78, 5) is 16.6. The van der Waals surface area contributed by atoms with Gasteiger partial charge in [0.05, 0.1) is 4.90 Å². The van der Waals surface area contributed by atoms with Crippen LogP contribution < -0.4 is 10.0 Å². The molecule has 0 saturated carbocycles. The largest absolute Gasteiger partial charge is 0.348 e. The molecular weight excluding hydrogens is 364 g/mol. The number of nitrogens with zero attached hydrogens (tertiary/aromatic N) is 2. The smallest absolute Gasteiger partial charge is 0.251 e. The second-order valence-electron chi connectivity index (χ2n) is 5.93. The first kappa shape index (κ1) is 18.8. The quantitative estimate of drug-likeness (QED) is 0.680. The number of hydrogen-bond acceptors (Lipinski definition) is 4. The molecule has 3 aromatic rings. The summed E-state index contributed by atoms with van der Waals surface area (Å²) in [5.74, 6) is 0.560. The van der Waals surface area contributed by atoms with Crippen molar-refractivity contribution in [3.63, 3.8) is 0 Å². The molecule has 0 unspecified atom stereocenters. The van der Waals surface area contributed by atoms with Gasteiger partial charge in [0.15, 0.2) is 0 Å². The number of aryl methyl sites for hydroxylation is 1. The molecule has 8 heteroatoms. The lowest BCUT2D eigenvalue weighted by atomic mass is 10.2. The van der Waals surface area contributed by atoms with Gasteiger partial charge in [0, 0.05) is 30.2 Å². The van der Waals surface area contributed by atoms with E-state index in [1.165, 1.54) is 19.2 Å². The average molecular weight is 384 g/mol. The van der Waals surface area contributed by atoms with Gasteiger partial charge in [-0.2, -0.15) is 0 Å². The molecule has 2 aromatic carbocycles. The topological polar surface area (TPSA) is 93.1 Å². The average Bonchev–Trinajstić information content (AvgIpc) is 3.12. The summed E-state index contributed by atoms with van der Waals surface area (Å²) in [6.07, 6.45) is 3.63. The summed E-state index contributed by atoms with van der Waals surface area (Å²) in [7, 11) is -2.26. The standard InChI is InChI=1S/C19H20N4O3S/c1-14-21-10-11-23(14)17-8-6-15(7-9-17)13-22-19(24)16-4-3-5-18(12-16)27(25,26)20-2/h3-12,20H,13H2,1-2H3,(H,22,24). The minimum atomic E-state index is -3.59. The van der Waals surface area contributed by atoms with Gasteiger partial charge in [-0.1, -0.05) is 18.2 Å². The molecule has 0 atom stereocenters. The summed E-state index contributed by atoms with van der Waals surface area (Å²) >= 11 is 0. The van der Waals surface area contributed by atoms with Gasteiger partial charge in [-0.15, -0.1) is 0 Å². The predicted molar refractivity (Wildman–Crippen MR) is 102 cm³/mol. The van der Waals surface area contributed by atoms with Crippen molar-refractivity contribution >= 4 is 15.9 Å². The number of rotatable bonds is 6. The molecule has 0 aliphatic rings. The van der Waals surface area contributed by atoms with Crippen LogP contribution in [0.4, 0.5) is 0 Å². The van der Waals surface area contributed by atoms with Crippen molar-refractivity contribution in [2.75, 3.05) is 7.05 Å². The van der Waals surface area contributed by atoms with Crippen molar-refractivity contribution in [3.8, 4) is 5.69 Å². The van der Waals surface area contributed by atoms with Crippen LogP contribution in [0.15, 0.2) is 65.8 Å². The van der Waals surface area contributed by atoms with E-state index >= 15 is 0 Å². The molecule has 7 nitrogen and oxygen atoms in total. The van der Waals surface area contributed by atoms with E-state index in [2.05, 4.69) is 15.0 Å². The Labute approximate surface area is 158 Å². The molecule has 3 rings (SSSR count). The molecule has 0 aliphatic heterocycles. The number of amides is 1. The summed E-state index contributed by atoms with van der Waals surface area (Å²) in [5.41, 5.74) is 2.21. The lowest BCUT2D eigenvalue weighted by molar-refractivity contribution is 0.0950. The molecular formula is C19H20N4O3S. The van der Waals surface area contributed by atoms with E-state index in [0.29, 0.717) is 6.54 Å². The number of imidazole rings is 1. The number of carbonyl (C=O) groups excluding carboxylic acids is 1. The first-order chi connectivity index (χ1) is 12.9. The molecule has 0 radical (unpaired) electrons. The molecule has 0 saturated heterocycles. The van der Waals surface area contributed by atoms with Gasteiger partial charge < -0.3 is 9.88 Å². The maximum atomic E-state index is 12.3. The maximum absolute atomic E-state index is 12.3. The third-order valence-electron chi connectivity index (χ3n) is 4.17. The highest BCUT2D eigenvalue weighted by Crippen LogP contribution is 2.13. The normalized spacial score (nSPS) is 11.3. The first-order valence-corrected chi connectivity index (χ1v) is 9.80. The highest BCUT2D eigenvalue weighted by molar-refractivity contribution is 7.89. The number of carbonyl (C=O) groups is 1. The first-order valence-electron chi connectivity index (χ1n) is 8.32. The van der Waals surface area contributed by atoms with Crippen LogP contribution in [0.2, 0.25) is 0 Å². The summed E-state index contributed by atoms with van der Waals surface area (Å²) in [6, 6.07) is 13.7. The Bertz CT molecular complexity index is 1060. The number of sulfonamides is 1. The Morgan fingerprint density at radius 1 is 1.15 bits per heavy atom. The Kier molecular flexibility index (Phi) is 5.38. The SMILES string of the molecule is CNS(=O)(=O)c1cccc(C(=O)NCc2ccc(-n3ccnc3C)cc2)c1. The Morgan fingerprint density at radius 2 is 1.89 bits per heavy atom. The fourth-order valence-corrected chi connectivity index (χ4v) is 3.41. The predicted octanol–water partition coefficient (Wildman–Crippen LogP) is 2.02. The van der Waals surface area contributed by atoms with Gasteiger partial charge in [-0.25, -0.2) is 18.1 Å². The molecule has 0 aliphatic carbocycles. The zero-order valence-electron chi connectivity index (χ0n) is 15.0. The number of hydrogen-bond donors (Lipinski definition) is 2. The zero-order chi connectivity index (χ0) is 19.4. The van der Waals surface area contributed by atoms with E-state index in [0.717, 1.165) is 17.1 Å². The highest BCUT2D eigenvalue weighted by atomic mass is 32.2. The van der Waals surface area contributed by atoms with Crippen molar-refractivity contribution in [2.45, 2.75) is 18.4 Å². The number of aromatic nitrogens is 2. The van der Waals surface area contributed by atoms with Crippen molar-refractivity contribution in [1.29, 1.82) is 0 Å². The third-order valence-corrected chi connectivity index (χ3v) is 5.58. The van der Waals surface area contributed by atoms with Gasteiger partial charge in [0.25, 0.3) is 5.91 Å². The van der Waals surface area contributed by atoms with E-state index in [4.69, 9.17) is 0 Å². The summed E-state index contributed by atoms with van der Waals surface area (Å²) < 4.78 is 27.9. The Hall–Kier alpha value is -2.97. The lowest BCUT2D eigenvalue weighted by Gasteiger charge is -2.09. The Morgan fingerprint density at radius 3 is 2.52 bits per heavy atom. The molecule has 0 bridgehead atoms. The third kappa shape index (κ3) is 4.24.